The van der Waals surface area contributed by atoms with Crippen molar-refractivity contribution in [3.63, 3.8) is 0 Å². The zero-order valence-corrected chi connectivity index (χ0v) is 26.7. The number of rotatable bonds is 12. The van der Waals surface area contributed by atoms with Crippen molar-refractivity contribution in [2.75, 3.05) is 6.61 Å². The van der Waals surface area contributed by atoms with Gasteiger partial charge in [-0.3, -0.25) is 14.4 Å². The Hall–Kier alpha value is -5.39. The number of H-pyrrole nitrogens is 3. The summed E-state index contributed by atoms with van der Waals surface area (Å²) in [6, 6.07) is 23.3. The van der Waals surface area contributed by atoms with E-state index in [0.29, 0.717) is 19.3 Å². The molecule has 0 amide bonds. The molecule has 0 spiro atoms. The van der Waals surface area contributed by atoms with Gasteiger partial charge in [0.1, 0.15) is 0 Å². The Kier molecular flexibility index (Phi) is 9.45. The van der Waals surface area contributed by atoms with Crippen LogP contribution < -0.4 is 0 Å². The molecule has 1 aliphatic heterocycles. The molecule has 49 heavy (non-hydrogen) atoms. The van der Waals surface area contributed by atoms with Crippen molar-refractivity contribution in [2.24, 2.45) is 0 Å². The predicted molar refractivity (Wildman–Crippen MR) is 181 cm³/mol. The SMILES string of the molecule is O=C(CCc1c[nH]c2ccccc12)O[C@@H]1[C@H](OC(=O)CCc2c[nH]c3ccccc23)COC(O)[C@@H]1OC(=O)CCc1c[nH]c2ccccc12. The molecule has 0 radical (unpaired) electrons. The second kappa shape index (κ2) is 14.4. The summed E-state index contributed by atoms with van der Waals surface area (Å²) in [6.07, 6.45) is 1.42. The molecule has 3 aromatic heterocycles. The molecule has 1 aliphatic rings. The van der Waals surface area contributed by atoms with E-state index in [1.807, 2.05) is 91.4 Å². The van der Waals surface area contributed by atoms with Crippen molar-refractivity contribution in [3.05, 3.63) is 108 Å². The van der Waals surface area contributed by atoms with Crippen LogP contribution in [0.15, 0.2) is 91.4 Å². The van der Waals surface area contributed by atoms with Crippen LogP contribution >= 0.6 is 0 Å². The van der Waals surface area contributed by atoms with Crippen molar-refractivity contribution >= 4 is 50.6 Å². The smallest absolute Gasteiger partial charge is 0.306 e. The number of aliphatic hydroxyl groups excluding tert-OH is 1. The minimum Gasteiger partial charge on any atom is -0.456 e. The monoisotopic (exact) mass is 663 g/mol. The van der Waals surface area contributed by atoms with Crippen LogP contribution in [0.1, 0.15) is 36.0 Å². The van der Waals surface area contributed by atoms with E-state index in [2.05, 4.69) is 15.0 Å². The van der Waals surface area contributed by atoms with Crippen LogP contribution in [0.2, 0.25) is 0 Å². The van der Waals surface area contributed by atoms with E-state index in [0.717, 1.165) is 49.4 Å². The van der Waals surface area contributed by atoms with Gasteiger partial charge in [-0.05, 0) is 54.2 Å². The van der Waals surface area contributed by atoms with Crippen molar-refractivity contribution in [1.82, 2.24) is 15.0 Å². The maximum absolute atomic E-state index is 13.3. The zero-order valence-electron chi connectivity index (χ0n) is 26.7. The molecule has 7 rings (SSSR count). The summed E-state index contributed by atoms with van der Waals surface area (Å²) < 4.78 is 22.9. The number of benzene rings is 3. The van der Waals surface area contributed by atoms with Crippen LogP contribution in [-0.4, -0.2) is 69.2 Å². The molecule has 4 atom stereocenters. The number of nitrogens with one attached hydrogen (secondary N) is 3. The van der Waals surface area contributed by atoms with Gasteiger partial charge in [-0.25, -0.2) is 0 Å². The highest BCUT2D eigenvalue weighted by Gasteiger charge is 2.47. The minimum absolute atomic E-state index is 0.00136. The molecule has 1 fully saturated rings. The fourth-order valence-electron chi connectivity index (χ4n) is 6.50. The summed E-state index contributed by atoms with van der Waals surface area (Å²) in [7, 11) is 0. The number of para-hydroxylation sites is 3. The number of aromatic nitrogens is 3. The number of aryl methyl sites for hydroxylation is 3. The van der Waals surface area contributed by atoms with E-state index in [9.17, 15) is 19.5 Å². The third kappa shape index (κ3) is 7.23. The number of esters is 3. The number of hydrogen-bond acceptors (Lipinski definition) is 8. The fourth-order valence-corrected chi connectivity index (χ4v) is 6.50. The van der Waals surface area contributed by atoms with E-state index in [-0.39, 0.29) is 25.9 Å². The second-order valence-electron chi connectivity index (χ2n) is 12.2. The summed E-state index contributed by atoms with van der Waals surface area (Å²) in [5.74, 6) is -1.76. The number of ether oxygens (including phenoxy) is 4. The lowest BCUT2D eigenvalue weighted by Crippen LogP contribution is -2.57. The van der Waals surface area contributed by atoms with Crippen molar-refractivity contribution in [1.29, 1.82) is 0 Å². The van der Waals surface area contributed by atoms with Crippen molar-refractivity contribution in [2.45, 2.75) is 63.1 Å². The molecule has 11 nitrogen and oxygen atoms in total. The minimum atomic E-state index is -1.59. The third-order valence-electron chi connectivity index (χ3n) is 9.04. The van der Waals surface area contributed by atoms with Crippen molar-refractivity contribution < 1.29 is 38.4 Å². The molecule has 4 heterocycles. The van der Waals surface area contributed by atoms with Crippen LogP contribution in [0.4, 0.5) is 0 Å². The third-order valence-corrected chi connectivity index (χ3v) is 9.04. The average molecular weight is 664 g/mol. The Balaban J connectivity index is 1.03. The van der Waals surface area contributed by atoms with Gasteiger partial charge in [-0.2, -0.15) is 0 Å². The topological polar surface area (TPSA) is 156 Å². The molecular formula is C38H37N3O8. The highest BCUT2D eigenvalue weighted by atomic mass is 16.7. The van der Waals surface area contributed by atoms with Crippen LogP contribution in [0.5, 0.6) is 0 Å². The first-order valence-corrected chi connectivity index (χ1v) is 16.5. The largest absolute Gasteiger partial charge is 0.456 e. The van der Waals surface area contributed by atoms with Gasteiger partial charge >= 0.3 is 17.9 Å². The van der Waals surface area contributed by atoms with Crippen LogP contribution in [0.25, 0.3) is 32.7 Å². The fraction of sp³-hybridized carbons (Fsp3) is 0.289. The van der Waals surface area contributed by atoms with Gasteiger partial charge in [0.15, 0.2) is 24.6 Å². The predicted octanol–water partition coefficient (Wildman–Crippen LogP) is 5.41. The maximum Gasteiger partial charge on any atom is 0.306 e. The summed E-state index contributed by atoms with van der Waals surface area (Å²) in [5, 5.41) is 13.8. The number of hydrogen-bond donors (Lipinski definition) is 4. The highest BCUT2D eigenvalue weighted by molar-refractivity contribution is 5.85. The molecule has 3 aromatic carbocycles. The van der Waals surface area contributed by atoms with Crippen LogP contribution in [0, 0.1) is 0 Å². The van der Waals surface area contributed by atoms with E-state index < -0.39 is 42.5 Å². The van der Waals surface area contributed by atoms with Crippen LogP contribution in [-0.2, 0) is 52.6 Å². The number of fused-ring (bicyclic) bond motifs is 3. The summed E-state index contributed by atoms with van der Waals surface area (Å²) in [6.45, 7) is -0.246. The molecule has 11 heteroatoms. The normalized spacial score (nSPS) is 19.3. The number of aromatic amines is 3. The van der Waals surface area contributed by atoms with Crippen LogP contribution in [0.3, 0.4) is 0 Å². The van der Waals surface area contributed by atoms with Gasteiger partial charge < -0.3 is 39.0 Å². The Morgan fingerprint density at radius 2 is 0.980 bits per heavy atom. The van der Waals surface area contributed by atoms with Gasteiger partial charge in [-0.1, -0.05) is 54.6 Å². The second-order valence-corrected chi connectivity index (χ2v) is 12.2. The van der Waals surface area contributed by atoms with Crippen molar-refractivity contribution in [3.8, 4) is 0 Å². The Morgan fingerprint density at radius 1 is 0.592 bits per heavy atom. The van der Waals surface area contributed by atoms with Gasteiger partial charge in [-0.15, -0.1) is 0 Å². The lowest BCUT2D eigenvalue weighted by molar-refractivity contribution is -0.268. The molecule has 0 saturated carbocycles. The number of carbonyl (C=O) groups excluding carboxylic acids is 3. The van der Waals surface area contributed by atoms with E-state index in [1.54, 1.807) is 0 Å². The van der Waals surface area contributed by atoms with E-state index in [1.165, 1.54) is 0 Å². The van der Waals surface area contributed by atoms with E-state index >= 15 is 0 Å². The standard InChI is InChI=1S/C38H37N3O8/c42-33(16-13-23-19-39-29-10-4-1-7-26(23)29)47-32-22-46-38(45)37(49-35(44)18-15-25-21-41-31-12-6-3-9-28(25)31)36(32)48-34(43)17-14-24-20-40-30-11-5-2-8-27(24)30/h1-12,19-21,32,36-41,45H,13-18,22H2/t32-,36-,37-,38?/m1/s1. The quantitative estimate of drug-likeness (QED) is 0.100. The highest BCUT2D eigenvalue weighted by Crippen LogP contribution is 2.27. The molecular weight excluding hydrogens is 626 g/mol. The number of aliphatic hydroxyl groups is 1. The van der Waals surface area contributed by atoms with Gasteiger partial charge in [0.05, 0.1) is 6.61 Å². The Labute approximate surface area is 281 Å². The molecule has 0 aliphatic carbocycles. The lowest BCUT2D eigenvalue weighted by atomic mass is 10.0. The summed E-state index contributed by atoms with van der Waals surface area (Å²) in [4.78, 5) is 49.1. The summed E-state index contributed by atoms with van der Waals surface area (Å²) in [5.41, 5.74) is 5.73. The van der Waals surface area contributed by atoms with Gasteiger partial charge in [0.25, 0.3) is 0 Å². The first kappa shape index (κ1) is 32.2. The lowest BCUT2D eigenvalue weighted by Gasteiger charge is -2.38. The maximum atomic E-state index is 13.3. The Morgan fingerprint density at radius 3 is 1.43 bits per heavy atom. The summed E-state index contributed by atoms with van der Waals surface area (Å²) >= 11 is 0. The molecule has 6 aromatic rings. The first-order valence-electron chi connectivity index (χ1n) is 16.5. The molecule has 1 saturated heterocycles. The van der Waals surface area contributed by atoms with Gasteiger partial charge in [0.2, 0.25) is 0 Å². The zero-order chi connectivity index (χ0) is 33.7. The Bertz CT molecular complexity index is 2090. The molecule has 252 valence electrons. The average Bonchev–Trinajstić information content (AvgIpc) is 3.85. The molecule has 1 unspecified atom stereocenters. The van der Waals surface area contributed by atoms with E-state index in [4.69, 9.17) is 18.9 Å². The number of carbonyl (C=O) groups is 3. The molecule has 4 N–H and O–H groups in total. The molecule has 0 bridgehead atoms. The van der Waals surface area contributed by atoms with Gasteiger partial charge in [0, 0.05) is 70.6 Å². The first-order chi connectivity index (χ1) is 23.9.